The van der Waals surface area contributed by atoms with Crippen LogP contribution in [-0.2, 0) is 5.88 Å². The van der Waals surface area contributed by atoms with Crippen molar-refractivity contribution >= 4 is 39.9 Å². The second-order valence-electron chi connectivity index (χ2n) is 2.12. The molecule has 0 atom stereocenters. The lowest BCUT2D eigenvalue weighted by molar-refractivity contribution is 0.577. The zero-order valence-corrected chi connectivity index (χ0v) is 8.42. The summed E-state index contributed by atoms with van der Waals surface area (Å²) in [6.07, 6.45) is 0. The zero-order chi connectivity index (χ0) is 8.97. The van der Waals surface area contributed by atoms with Crippen molar-refractivity contribution in [2.24, 2.45) is 0 Å². The Balaban J connectivity index is 2.79. The number of rotatable bonds is 2. The molecule has 1 aromatic rings. The number of hydrogen-bond acceptors (Lipinski definition) is 2. The van der Waals surface area contributed by atoms with Crippen LogP contribution < -0.4 is 4.74 Å². The molecule has 0 N–H and O–H groups in total. The lowest BCUT2D eigenvalue weighted by Crippen LogP contribution is -1.95. The van der Waals surface area contributed by atoms with Crippen molar-refractivity contribution in [3.05, 3.63) is 29.8 Å². The third kappa shape index (κ3) is 2.97. The maximum Gasteiger partial charge on any atom is 0.260 e. The Morgan fingerprint density at radius 1 is 1.50 bits per heavy atom. The molecule has 4 heteroatoms. The maximum atomic E-state index is 5.61. The first-order chi connectivity index (χ1) is 5.72. The van der Waals surface area contributed by atoms with E-state index < -0.39 is 0 Å². The summed E-state index contributed by atoms with van der Waals surface area (Å²) in [4.78, 5) is 0. The molecule has 0 fully saturated rings. The van der Waals surface area contributed by atoms with Crippen LogP contribution in [0, 0.1) is 0 Å². The molecule has 0 radical (unpaired) electrons. The SMILES string of the molecule is S=C(Cl)Oc1cccc(CCl)c1. The summed E-state index contributed by atoms with van der Waals surface area (Å²) < 4.78 is 4.98. The highest BCUT2D eigenvalue weighted by molar-refractivity contribution is 7.82. The van der Waals surface area contributed by atoms with Crippen LogP contribution >= 0.6 is 35.4 Å². The van der Waals surface area contributed by atoms with E-state index in [1.165, 1.54) is 0 Å². The molecule has 64 valence electrons. The van der Waals surface area contributed by atoms with Crippen molar-refractivity contribution < 1.29 is 4.74 Å². The highest BCUT2D eigenvalue weighted by Gasteiger charge is 1.97. The van der Waals surface area contributed by atoms with Gasteiger partial charge in [-0.25, -0.2) is 0 Å². The lowest BCUT2D eigenvalue weighted by Gasteiger charge is -2.02. The minimum atomic E-state index is -0.0123. The lowest BCUT2D eigenvalue weighted by atomic mass is 10.2. The van der Waals surface area contributed by atoms with E-state index >= 15 is 0 Å². The van der Waals surface area contributed by atoms with Crippen LogP contribution in [0.15, 0.2) is 24.3 Å². The molecular formula is C8H6Cl2OS. The fourth-order valence-corrected chi connectivity index (χ4v) is 1.14. The smallest absolute Gasteiger partial charge is 0.260 e. The molecule has 0 heterocycles. The number of hydrogen-bond donors (Lipinski definition) is 0. The molecule has 1 aromatic carbocycles. The Morgan fingerprint density at radius 2 is 2.25 bits per heavy atom. The highest BCUT2D eigenvalue weighted by atomic mass is 35.5. The van der Waals surface area contributed by atoms with Gasteiger partial charge < -0.3 is 4.74 Å². The van der Waals surface area contributed by atoms with Crippen LogP contribution in [0.3, 0.4) is 0 Å². The van der Waals surface area contributed by atoms with Crippen molar-refractivity contribution in [3.8, 4) is 5.75 Å². The van der Waals surface area contributed by atoms with Crippen LogP contribution in [0.5, 0.6) is 5.75 Å². The largest absolute Gasteiger partial charge is 0.436 e. The van der Waals surface area contributed by atoms with E-state index in [-0.39, 0.29) is 4.51 Å². The van der Waals surface area contributed by atoms with Crippen molar-refractivity contribution in [2.75, 3.05) is 0 Å². The van der Waals surface area contributed by atoms with Gasteiger partial charge in [0.25, 0.3) is 4.51 Å². The minimum absolute atomic E-state index is 0.0123. The number of benzene rings is 1. The topological polar surface area (TPSA) is 9.23 Å². The van der Waals surface area contributed by atoms with Crippen LogP contribution in [-0.4, -0.2) is 4.51 Å². The van der Waals surface area contributed by atoms with Crippen LogP contribution in [0.4, 0.5) is 0 Å². The van der Waals surface area contributed by atoms with Crippen molar-refractivity contribution in [2.45, 2.75) is 5.88 Å². The van der Waals surface area contributed by atoms with Gasteiger partial charge in [-0.05, 0) is 41.5 Å². The molecule has 1 rings (SSSR count). The summed E-state index contributed by atoms with van der Waals surface area (Å²) in [5.41, 5.74) is 0.974. The standard InChI is InChI=1S/C8H6Cl2OS/c9-5-6-2-1-3-7(4-6)11-8(10)12/h1-4H,5H2. The van der Waals surface area contributed by atoms with E-state index in [0.717, 1.165) is 5.56 Å². The van der Waals surface area contributed by atoms with E-state index in [4.69, 9.17) is 27.9 Å². The Labute approximate surface area is 86.2 Å². The maximum absolute atomic E-state index is 5.61. The van der Waals surface area contributed by atoms with Crippen molar-refractivity contribution in [1.82, 2.24) is 0 Å². The Hall–Kier alpha value is -0.310. The molecule has 0 aliphatic rings. The molecule has 0 aromatic heterocycles. The predicted octanol–water partition coefficient (Wildman–Crippen LogP) is 3.33. The van der Waals surface area contributed by atoms with Gasteiger partial charge in [-0.1, -0.05) is 12.1 Å². The number of ether oxygens (including phenoxy) is 1. The minimum Gasteiger partial charge on any atom is -0.436 e. The van der Waals surface area contributed by atoms with Gasteiger partial charge >= 0.3 is 0 Å². The fraction of sp³-hybridized carbons (Fsp3) is 0.125. The second kappa shape index (κ2) is 4.65. The van der Waals surface area contributed by atoms with Crippen molar-refractivity contribution in [1.29, 1.82) is 0 Å². The van der Waals surface area contributed by atoms with E-state index in [2.05, 4.69) is 12.2 Å². The van der Waals surface area contributed by atoms with Gasteiger partial charge in [-0.3, -0.25) is 0 Å². The first kappa shape index (κ1) is 9.78. The van der Waals surface area contributed by atoms with Crippen LogP contribution in [0.25, 0.3) is 0 Å². The van der Waals surface area contributed by atoms with Gasteiger partial charge in [0.15, 0.2) is 0 Å². The summed E-state index contributed by atoms with van der Waals surface area (Å²) in [6.45, 7) is 0. The molecule has 0 aliphatic heterocycles. The van der Waals surface area contributed by atoms with Gasteiger partial charge in [0.1, 0.15) is 5.75 Å². The molecular weight excluding hydrogens is 215 g/mol. The molecule has 0 saturated carbocycles. The number of halogens is 2. The molecule has 0 bridgehead atoms. The van der Waals surface area contributed by atoms with Crippen LogP contribution in [0.2, 0.25) is 0 Å². The van der Waals surface area contributed by atoms with Crippen molar-refractivity contribution in [3.63, 3.8) is 0 Å². The van der Waals surface area contributed by atoms with E-state index in [0.29, 0.717) is 11.6 Å². The predicted molar refractivity (Wildman–Crippen MR) is 55.1 cm³/mol. The van der Waals surface area contributed by atoms with E-state index in [1.54, 1.807) is 12.1 Å². The molecule has 1 nitrogen and oxygen atoms in total. The van der Waals surface area contributed by atoms with Gasteiger partial charge in [0.2, 0.25) is 0 Å². The fourth-order valence-electron chi connectivity index (χ4n) is 0.785. The Kier molecular flexibility index (Phi) is 3.79. The Morgan fingerprint density at radius 3 is 2.83 bits per heavy atom. The summed E-state index contributed by atoms with van der Waals surface area (Å²) in [7, 11) is 0. The summed E-state index contributed by atoms with van der Waals surface area (Å²) in [5.74, 6) is 1.07. The molecule has 0 unspecified atom stereocenters. The molecule has 0 aliphatic carbocycles. The first-order valence-corrected chi connectivity index (χ1v) is 4.56. The molecule has 0 amide bonds. The van der Waals surface area contributed by atoms with Gasteiger partial charge in [-0.15, -0.1) is 11.6 Å². The molecule has 0 spiro atoms. The van der Waals surface area contributed by atoms with E-state index in [9.17, 15) is 0 Å². The summed E-state index contributed by atoms with van der Waals surface area (Å²) in [5, 5.41) is 0. The highest BCUT2D eigenvalue weighted by Crippen LogP contribution is 2.15. The quantitative estimate of drug-likeness (QED) is 0.430. The average molecular weight is 221 g/mol. The first-order valence-electron chi connectivity index (χ1n) is 3.24. The number of alkyl halides is 1. The normalized spacial score (nSPS) is 9.50. The Bertz CT molecular complexity index is 288. The molecule has 12 heavy (non-hydrogen) atoms. The van der Waals surface area contributed by atoms with Gasteiger partial charge in [0.05, 0.1) is 0 Å². The average Bonchev–Trinajstić information content (AvgIpc) is 2.03. The second-order valence-corrected chi connectivity index (χ2v) is 3.33. The van der Waals surface area contributed by atoms with Gasteiger partial charge in [0, 0.05) is 5.88 Å². The zero-order valence-electron chi connectivity index (χ0n) is 6.09. The van der Waals surface area contributed by atoms with E-state index in [1.807, 2.05) is 12.1 Å². The summed E-state index contributed by atoms with van der Waals surface area (Å²) in [6, 6.07) is 7.30. The molecule has 0 saturated heterocycles. The monoisotopic (exact) mass is 220 g/mol. The van der Waals surface area contributed by atoms with Gasteiger partial charge in [-0.2, -0.15) is 0 Å². The summed E-state index contributed by atoms with van der Waals surface area (Å²) >= 11 is 15.6. The van der Waals surface area contributed by atoms with Crippen LogP contribution in [0.1, 0.15) is 5.56 Å². The number of thiocarbonyl (C=S) groups is 1. The third-order valence-corrected chi connectivity index (χ3v) is 1.72. The third-order valence-electron chi connectivity index (χ3n) is 1.25.